The van der Waals surface area contributed by atoms with E-state index in [0.29, 0.717) is 10.7 Å². The van der Waals surface area contributed by atoms with Crippen LogP contribution in [0.1, 0.15) is 11.1 Å². The fraction of sp³-hybridized carbons (Fsp3) is 0.250. The van der Waals surface area contributed by atoms with Crippen molar-refractivity contribution in [2.75, 3.05) is 24.2 Å². The van der Waals surface area contributed by atoms with Crippen molar-refractivity contribution < 1.29 is 0 Å². The van der Waals surface area contributed by atoms with Crippen LogP contribution in [0.5, 0.6) is 0 Å². The van der Waals surface area contributed by atoms with E-state index in [1.165, 1.54) is 5.56 Å². The number of rotatable bonds is 4. The highest BCUT2D eigenvalue weighted by atomic mass is 35.5. The van der Waals surface area contributed by atoms with E-state index in [-0.39, 0.29) is 0 Å². The van der Waals surface area contributed by atoms with Crippen LogP contribution in [0, 0.1) is 6.92 Å². The van der Waals surface area contributed by atoms with Gasteiger partial charge in [-0.3, -0.25) is 0 Å². The Bertz CT molecular complexity index is 552. The predicted molar refractivity (Wildman–Crippen MR) is 84.0 cm³/mol. The molecule has 2 aromatic carbocycles. The van der Waals surface area contributed by atoms with Gasteiger partial charge in [0.2, 0.25) is 0 Å². The highest BCUT2D eigenvalue weighted by molar-refractivity contribution is 6.33. The Morgan fingerprint density at radius 2 is 1.84 bits per heavy atom. The molecule has 100 valence electrons. The molecule has 0 spiro atoms. The molecule has 0 saturated carbocycles. The third-order valence-corrected chi connectivity index (χ3v) is 3.63. The molecule has 0 radical (unpaired) electrons. The number of nitrogens with zero attached hydrogens (tertiary/aromatic N) is 1. The molecule has 0 aromatic heterocycles. The Hall–Kier alpha value is -1.67. The second-order valence-corrected chi connectivity index (χ2v) is 5.22. The van der Waals surface area contributed by atoms with Crippen LogP contribution < -0.4 is 10.6 Å². The number of likely N-dealkylation sites (N-methyl/N-ethyl adjacent to an activating group) is 1. The number of hydrogen-bond acceptors (Lipinski definition) is 2. The Morgan fingerprint density at radius 3 is 2.53 bits per heavy atom. The average Bonchev–Trinajstić information content (AvgIpc) is 2.41. The first kappa shape index (κ1) is 13.8. The maximum atomic E-state index is 6.10. The molecule has 0 fully saturated rings. The molecule has 0 unspecified atom stereocenters. The van der Waals surface area contributed by atoms with Gasteiger partial charge >= 0.3 is 0 Å². The lowest BCUT2D eigenvalue weighted by Crippen LogP contribution is -2.21. The Kier molecular flexibility index (Phi) is 4.33. The molecule has 2 aromatic rings. The Balaban J connectivity index is 2.08. The summed E-state index contributed by atoms with van der Waals surface area (Å²) < 4.78 is 0. The van der Waals surface area contributed by atoms with Crippen molar-refractivity contribution in [3.63, 3.8) is 0 Å². The number of hydrogen-bond donors (Lipinski definition) is 1. The molecule has 0 bridgehead atoms. The molecular formula is C16H19ClN2. The minimum absolute atomic E-state index is 0.618. The highest BCUT2D eigenvalue weighted by Gasteiger charge is 2.08. The molecule has 0 heterocycles. The van der Waals surface area contributed by atoms with Crippen LogP contribution in [0.25, 0.3) is 0 Å². The van der Waals surface area contributed by atoms with Gasteiger partial charge in [-0.25, -0.2) is 0 Å². The lowest BCUT2D eigenvalue weighted by atomic mass is 10.1. The molecule has 0 saturated heterocycles. The molecule has 2 N–H and O–H groups in total. The average molecular weight is 275 g/mol. The first-order valence-electron chi connectivity index (χ1n) is 6.38. The van der Waals surface area contributed by atoms with Gasteiger partial charge in [0, 0.05) is 19.3 Å². The minimum Gasteiger partial charge on any atom is -0.398 e. The van der Waals surface area contributed by atoms with Gasteiger partial charge in [-0.1, -0.05) is 41.9 Å². The summed E-state index contributed by atoms with van der Waals surface area (Å²) in [5, 5.41) is 0.618. The topological polar surface area (TPSA) is 29.3 Å². The number of benzene rings is 2. The van der Waals surface area contributed by atoms with Gasteiger partial charge in [0.15, 0.2) is 0 Å². The molecule has 3 heteroatoms. The molecule has 0 aliphatic carbocycles. The molecule has 0 amide bonds. The van der Waals surface area contributed by atoms with Gasteiger partial charge in [0.1, 0.15) is 0 Å². The maximum Gasteiger partial charge on any atom is 0.0656 e. The van der Waals surface area contributed by atoms with E-state index in [1.54, 1.807) is 0 Å². The highest BCUT2D eigenvalue weighted by Crippen LogP contribution is 2.28. The van der Waals surface area contributed by atoms with Crippen LogP contribution >= 0.6 is 11.6 Å². The first-order chi connectivity index (χ1) is 9.08. The smallest absolute Gasteiger partial charge is 0.0656 e. The summed E-state index contributed by atoms with van der Waals surface area (Å²) in [6.45, 7) is 3.01. The van der Waals surface area contributed by atoms with Crippen molar-refractivity contribution in [1.29, 1.82) is 0 Å². The fourth-order valence-corrected chi connectivity index (χ4v) is 2.32. The summed E-state index contributed by atoms with van der Waals surface area (Å²) in [6, 6.07) is 14.3. The third-order valence-electron chi connectivity index (χ3n) is 3.31. The number of nitrogen functional groups attached to an aromatic ring is 1. The maximum absolute atomic E-state index is 6.10. The summed E-state index contributed by atoms with van der Waals surface area (Å²) in [5.74, 6) is 0. The zero-order chi connectivity index (χ0) is 13.8. The Morgan fingerprint density at radius 1 is 1.16 bits per heavy atom. The SMILES string of the molecule is Cc1cc(N)c(Cl)cc1N(C)CCc1ccccc1. The van der Waals surface area contributed by atoms with E-state index in [2.05, 4.69) is 43.1 Å². The molecule has 0 aliphatic rings. The number of halogens is 1. The van der Waals surface area contributed by atoms with E-state index in [4.69, 9.17) is 17.3 Å². The second-order valence-electron chi connectivity index (χ2n) is 4.82. The largest absolute Gasteiger partial charge is 0.398 e. The summed E-state index contributed by atoms with van der Waals surface area (Å²) in [4.78, 5) is 2.22. The molecule has 0 atom stereocenters. The van der Waals surface area contributed by atoms with Gasteiger partial charge in [0.05, 0.1) is 10.7 Å². The quantitative estimate of drug-likeness (QED) is 0.857. The monoisotopic (exact) mass is 274 g/mol. The van der Waals surface area contributed by atoms with Gasteiger partial charge in [-0.05, 0) is 36.6 Å². The summed E-state index contributed by atoms with van der Waals surface area (Å²) in [6.07, 6.45) is 1.01. The summed E-state index contributed by atoms with van der Waals surface area (Å²) in [7, 11) is 2.08. The minimum atomic E-state index is 0.618. The zero-order valence-electron chi connectivity index (χ0n) is 11.4. The van der Waals surface area contributed by atoms with E-state index >= 15 is 0 Å². The third kappa shape index (κ3) is 3.42. The molecule has 0 aliphatic heterocycles. The van der Waals surface area contributed by atoms with E-state index < -0.39 is 0 Å². The fourth-order valence-electron chi connectivity index (χ4n) is 2.17. The van der Waals surface area contributed by atoms with Crippen LogP contribution in [-0.2, 0) is 6.42 Å². The van der Waals surface area contributed by atoms with Crippen LogP contribution in [0.15, 0.2) is 42.5 Å². The first-order valence-corrected chi connectivity index (χ1v) is 6.76. The second kappa shape index (κ2) is 5.98. The normalized spacial score (nSPS) is 10.5. The van der Waals surface area contributed by atoms with Gasteiger partial charge in [0.25, 0.3) is 0 Å². The van der Waals surface area contributed by atoms with Crippen LogP contribution in [-0.4, -0.2) is 13.6 Å². The van der Waals surface area contributed by atoms with Gasteiger partial charge in [-0.2, -0.15) is 0 Å². The van der Waals surface area contributed by atoms with E-state index in [1.807, 2.05) is 18.2 Å². The lowest BCUT2D eigenvalue weighted by Gasteiger charge is -2.22. The molecule has 2 rings (SSSR count). The van der Waals surface area contributed by atoms with E-state index in [0.717, 1.165) is 24.2 Å². The van der Waals surface area contributed by atoms with Gasteiger partial charge < -0.3 is 10.6 Å². The lowest BCUT2D eigenvalue weighted by molar-refractivity contribution is 0.873. The van der Waals surface area contributed by atoms with Crippen molar-refractivity contribution >= 4 is 23.0 Å². The van der Waals surface area contributed by atoms with Gasteiger partial charge in [-0.15, -0.1) is 0 Å². The Labute approximate surface area is 119 Å². The van der Waals surface area contributed by atoms with Crippen molar-refractivity contribution in [2.45, 2.75) is 13.3 Å². The molecule has 19 heavy (non-hydrogen) atoms. The van der Waals surface area contributed by atoms with Crippen LogP contribution in [0.4, 0.5) is 11.4 Å². The van der Waals surface area contributed by atoms with Crippen molar-refractivity contribution in [3.8, 4) is 0 Å². The standard InChI is InChI=1S/C16H19ClN2/c1-12-10-15(18)14(17)11-16(12)19(2)9-8-13-6-4-3-5-7-13/h3-7,10-11H,8-9,18H2,1-2H3. The molecule has 2 nitrogen and oxygen atoms in total. The summed E-state index contributed by atoms with van der Waals surface area (Å²) >= 11 is 6.10. The predicted octanol–water partition coefficient (Wildman–Crippen LogP) is 3.91. The van der Waals surface area contributed by atoms with Crippen molar-refractivity contribution in [2.24, 2.45) is 0 Å². The van der Waals surface area contributed by atoms with Crippen LogP contribution in [0.3, 0.4) is 0 Å². The number of anilines is 2. The van der Waals surface area contributed by atoms with Crippen molar-refractivity contribution in [1.82, 2.24) is 0 Å². The van der Waals surface area contributed by atoms with Crippen molar-refractivity contribution in [3.05, 3.63) is 58.6 Å². The zero-order valence-corrected chi connectivity index (χ0v) is 12.1. The van der Waals surface area contributed by atoms with E-state index in [9.17, 15) is 0 Å². The van der Waals surface area contributed by atoms with Crippen LogP contribution in [0.2, 0.25) is 5.02 Å². The summed E-state index contributed by atoms with van der Waals surface area (Å²) in [5.41, 5.74) is 10.1. The number of nitrogens with two attached hydrogens (primary N) is 1. The molecular weight excluding hydrogens is 256 g/mol. The number of aryl methyl sites for hydroxylation is 1.